The van der Waals surface area contributed by atoms with E-state index in [0.717, 1.165) is 16.7 Å². The van der Waals surface area contributed by atoms with Crippen LogP contribution in [0.15, 0.2) is 67.5 Å². The number of hydrogen-bond donors (Lipinski definition) is 13. The first-order valence-electron chi connectivity index (χ1n) is 23.1. The molecule has 2 unspecified atom stereocenters. The number of ether oxygens (including phenoxy) is 1. The van der Waals surface area contributed by atoms with Gasteiger partial charge in [-0.25, -0.2) is 27.1 Å². The number of nitrogen functional groups attached to an aromatic ring is 2. The molecule has 1 aliphatic carbocycles. The number of carbonyl (C=O) groups is 2. The molecule has 3 aliphatic rings. The number of nitrogens with zero attached hydrogens (tertiary/aromatic N) is 4. The highest BCUT2D eigenvalue weighted by molar-refractivity contribution is 7.86. The molecular formula is C41H51N10O23P3S2. The molecule has 2 amide bonds. The number of unbranched alkanes of at least 4 members (excludes halogenated alkanes) is 3. The molecule has 2 aromatic heterocycles. The minimum absolute atomic E-state index is 0.0156. The molecule has 38 heteroatoms. The van der Waals surface area contributed by atoms with Crippen LogP contribution >= 0.6 is 23.5 Å². The summed E-state index contributed by atoms with van der Waals surface area (Å²) in [5.74, 6) is -1.98. The molecule has 0 radical (unpaired) electrons. The number of hydrogen-bond acceptors (Lipinski definition) is 23. The van der Waals surface area contributed by atoms with Gasteiger partial charge in [-0.3, -0.25) is 38.4 Å². The Bertz CT molecular complexity index is 3820. The van der Waals surface area contributed by atoms with Crippen LogP contribution in [-0.2, 0) is 56.6 Å². The lowest BCUT2D eigenvalue weighted by Gasteiger charge is -2.23. The maximum absolute atomic E-state index is 14.1. The summed E-state index contributed by atoms with van der Waals surface area (Å²) in [4.78, 5) is 86.5. The van der Waals surface area contributed by atoms with E-state index in [9.17, 15) is 74.0 Å². The lowest BCUT2D eigenvalue weighted by molar-refractivity contribution is -0.176. The maximum Gasteiger partial charge on any atom is 0.490 e. The summed E-state index contributed by atoms with van der Waals surface area (Å²) in [7, 11) is -26.3. The van der Waals surface area contributed by atoms with Crippen molar-refractivity contribution in [1.29, 1.82) is 0 Å². The summed E-state index contributed by atoms with van der Waals surface area (Å²) in [5.41, 5.74) is 9.37. The number of aromatic nitrogens is 4. The van der Waals surface area contributed by atoms with Crippen molar-refractivity contribution in [3.63, 3.8) is 0 Å². The zero-order valence-electron chi connectivity index (χ0n) is 40.8. The molecule has 1 saturated heterocycles. The molecule has 33 nitrogen and oxygen atoms in total. The number of H-pyrrole nitrogens is 1. The van der Waals surface area contributed by atoms with Gasteiger partial charge in [-0.1, -0.05) is 31.0 Å². The molecule has 0 bridgehead atoms. The molecule has 0 spiro atoms. The zero-order valence-corrected chi connectivity index (χ0v) is 45.2. The second kappa shape index (κ2) is 23.6. The van der Waals surface area contributed by atoms with Gasteiger partial charge >= 0.3 is 33.6 Å². The van der Waals surface area contributed by atoms with Gasteiger partial charge in [0.15, 0.2) is 28.7 Å². The molecule has 430 valence electrons. The number of anilines is 3. The lowest BCUT2D eigenvalue weighted by Crippen LogP contribution is -2.47. The lowest BCUT2D eigenvalue weighted by atomic mass is 9.90. The number of rotatable bonds is 24. The molecule has 2 aromatic carbocycles. The predicted octanol–water partition coefficient (Wildman–Crippen LogP) is -0.784. The first-order valence-corrected chi connectivity index (χ1v) is 30.4. The number of phosphoric ester groups is 1. The molecule has 1 fully saturated rings. The van der Waals surface area contributed by atoms with Crippen molar-refractivity contribution in [2.45, 2.75) is 72.9 Å². The quantitative estimate of drug-likeness (QED) is 0.0116. The van der Waals surface area contributed by atoms with Crippen LogP contribution in [-0.4, -0.2) is 144 Å². The summed E-state index contributed by atoms with van der Waals surface area (Å²) < 4.78 is 132. The second-order valence-electron chi connectivity index (χ2n) is 17.6. The van der Waals surface area contributed by atoms with Crippen molar-refractivity contribution in [2.24, 2.45) is 0 Å². The number of benzene rings is 3. The van der Waals surface area contributed by atoms with Gasteiger partial charge < -0.3 is 70.5 Å². The summed E-state index contributed by atoms with van der Waals surface area (Å²) in [6, 6.07) is 11.0. The number of carbonyl (C=O) groups excluding carboxylic acids is 2. The molecule has 0 saturated carbocycles. The van der Waals surface area contributed by atoms with Crippen molar-refractivity contribution in [1.82, 2.24) is 29.7 Å². The average Bonchev–Trinajstić information content (AvgIpc) is 4.02. The van der Waals surface area contributed by atoms with E-state index in [1.165, 1.54) is 36.2 Å². The number of aromatic amines is 1. The molecule has 6 atom stereocenters. The molecule has 2 aliphatic heterocycles. The molecule has 16 N–H and O–H groups in total. The van der Waals surface area contributed by atoms with Gasteiger partial charge in [0.2, 0.25) is 28.1 Å². The Hall–Kier alpha value is -6.07. The van der Waals surface area contributed by atoms with E-state index in [1.54, 1.807) is 12.1 Å². The second-order valence-corrected chi connectivity index (χ2v) is 24.7. The van der Waals surface area contributed by atoms with Crippen LogP contribution in [0.3, 0.4) is 0 Å². The number of imidazole rings is 1. The van der Waals surface area contributed by atoms with Crippen LogP contribution in [0.4, 0.5) is 17.6 Å². The number of phosphoric acid groups is 3. The number of nitrogens with two attached hydrogens (primary N) is 3. The van der Waals surface area contributed by atoms with Gasteiger partial charge in [-0.15, -0.1) is 0 Å². The Balaban J connectivity index is 0.920. The molecule has 79 heavy (non-hydrogen) atoms. The Morgan fingerprint density at radius 3 is 2.25 bits per heavy atom. The maximum atomic E-state index is 14.1. The van der Waals surface area contributed by atoms with Gasteiger partial charge in [0.1, 0.15) is 33.3 Å². The van der Waals surface area contributed by atoms with E-state index in [0.29, 0.717) is 32.2 Å². The van der Waals surface area contributed by atoms with Crippen molar-refractivity contribution in [3.05, 3.63) is 69.8 Å². The van der Waals surface area contributed by atoms with Gasteiger partial charge in [-0.2, -0.15) is 22.0 Å². The Kier molecular flexibility index (Phi) is 18.1. The third-order valence-electron chi connectivity index (χ3n) is 11.9. The average molecular weight is 1210 g/mol. The van der Waals surface area contributed by atoms with Gasteiger partial charge in [0, 0.05) is 61.2 Å². The summed E-state index contributed by atoms with van der Waals surface area (Å²) in [6.45, 7) is -0.564. The summed E-state index contributed by atoms with van der Waals surface area (Å²) in [6.07, 6.45) is -4.63. The number of fused-ring (bicyclic) bond motifs is 3. The highest BCUT2D eigenvalue weighted by Gasteiger charge is 2.48. The number of nitrogens with one attached hydrogen (secondary N) is 3. The molecule has 7 rings (SSSR count). The van der Waals surface area contributed by atoms with Crippen LogP contribution in [0.1, 0.15) is 55.1 Å². The van der Waals surface area contributed by atoms with Gasteiger partial charge in [0.05, 0.1) is 12.3 Å². The predicted molar refractivity (Wildman–Crippen MR) is 270 cm³/mol. The van der Waals surface area contributed by atoms with Crippen molar-refractivity contribution in [3.8, 4) is 22.5 Å². The van der Waals surface area contributed by atoms with Gasteiger partial charge in [0.25, 0.3) is 11.5 Å². The van der Waals surface area contributed by atoms with Crippen molar-refractivity contribution < 1.29 is 107 Å². The topological polar surface area (TPSA) is 537 Å². The zero-order chi connectivity index (χ0) is 58.2. The summed E-state index contributed by atoms with van der Waals surface area (Å²) in [5, 5.41) is 32.9. The Morgan fingerprint density at radius 2 is 1.58 bits per heavy atom. The third kappa shape index (κ3) is 14.1. The van der Waals surface area contributed by atoms with E-state index in [4.69, 9.17) is 35.8 Å². The number of amides is 2. The molecule has 4 heterocycles. The SMILES string of the molecule is CN(CCCC(=O)NCCCCCCNc1nc2c(=O)[nH]c(N)nc2n1[C@@H]1O[C@H](COP(=O)(O)OP(=O)(O)OP(=O)(O)O)[C@@H](O)[C@H]1O)C(=O)c1ccccc1-c1c2ccc(=[NH2+])c(S(=O)(=O)O)c-2oc2c(S(=O)(=O)[O-])c(N)ccc12. The fourth-order valence-electron chi connectivity index (χ4n) is 8.52. The molecule has 4 aromatic rings. The minimum atomic E-state index is -5.88. The largest absolute Gasteiger partial charge is 0.744 e. The van der Waals surface area contributed by atoms with E-state index >= 15 is 0 Å². The Labute approximate surface area is 445 Å². The third-order valence-corrected chi connectivity index (χ3v) is 17.6. The van der Waals surface area contributed by atoms with Crippen LogP contribution in [0, 0.1) is 0 Å². The molecular weight excluding hydrogens is 1160 g/mol. The monoisotopic (exact) mass is 1210 g/mol. The minimum Gasteiger partial charge on any atom is -0.744 e. The van der Waals surface area contributed by atoms with E-state index in [-0.39, 0.29) is 82.5 Å². The van der Waals surface area contributed by atoms with Crippen LogP contribution in [0.5, 0.6) is 0 Å². The Morgan fingerprint density at radius 1 is 0.899 bits per heavy atom. The standard InChI is InChI=1S/C41H51N10O23P3S2/c1-50(38(56)21-10-5-4-9-20(21)28-22-12-14-24(42)34(78(64,65)66)32(22)72-33-23(28)13-15-25(43)35(33)79(67,68)69)18-8-11-27(52)45-16-6-2-3-7-17-46-41-47-29-36(48-40(44)49-37(29)55)51(41)39-31(54)30(53)26(71-39)19-70-76(60,61)74-77(62,63)73-75(57,58)59/h4-5,9-10,12-15,26,30-31,39,42,53-54H,2-3,6-8,11,16-19,43H2,1H3,(H,45,52)(H,46,47)(H,60,61)(H,62,63)(H2,57,58,59)(H,64,65,66)(H,67,68,69)(H3,44,48,49,55)/t26-,30-,31-,39-/m1/s1. The van der Waals surface area contributed by atoms with Crippen LogP contribution in [0.25, 0.3) is 44.6 Å². The highest BCUT2D eigenvalue weighted by Crippen LogP contribution is 2.66. The number of aliphatic hydroxyl groups excluding tert-OH is 2. The van der Waals surface area contributed by atoms with E-state index in [2.05, 4.69) is 38.7 Å². The van der Waals surface area contributed by atoms with Crippen molar-refractivity contribution in [2.75, 3.05) is 50.1 Å². The fraction of sp³-hybridized carbons (Fsp3) is 0.366. The van der Waals surface area contributed by atoms with Crippen LogP contribution in [0.2, 0.25) is 0 Å². The number of aliphatic hydroxyl groups is 2. The summed E-state index contributed by atoms with van der Waals surface area (Å²) >= 11 is 0. The highest BCUT2D eigenvalue weighted by atomic mass is 32.2. The van der Waals surface area contributed by atoms with Crippen molar-refractivity contribution >= 4 is 95.2 Å². The van der Waals surface area contributed by atoms with E-state index < -0.39 is 118 Å². The van der Waals surface area contributed by atoms with Crippen LogP contribution < -0.4 is 38.4 Å². The fourth-order valence-corrected chi connectivity index (χ4v) is 13.0. The first-order chi connectivity index (χ1) is 36.8. The van der Waals surface area contributed by atoms with Gasteiger partial charge in [-0.05, 0) is 49.1 Å². The normalized spacial score (nSPS) is 18.6. The first kappa shape index (κ1) is 60.6. The smallest absolute Gasteiger partial charge is 0.490 e. The van der Waals surface area contributed by atoms with E-state index in [1.807, 2.05) is 0 Å².